The summed E-state index contributed by atoms with van der Waals surface area (Å²) in [5.74, 6) is 0. The third-order valence-corrected chi connectivity index (χ3v) is 2.63. The molecule has 17 heavy (non-hydrogen) atoms. The first-order valence-corrected chi connectivity index (χ1v) is 7.07. The highest BCUT2D eigenvalue weighted by Gasteiger charge is 1.94. The Labute approximate surface area is 107 Å². The molecule has 2 nitrogen and oxygen atoms in total. The van der Waals surface area contributed by atoms with E-state index in [9.17, 15) is 0 Å². The normalized spacial score (nSPS) is 11.0. The van der Waals surface area contributed by atoms with Crippen molar-refractivity contribution >= 4 is 0 Å². The molecule has 0 amide bonds. The maximum atomic E-state index is 5.49. The molecular weight excluding hydrogens is 212 g/mol. The summed E-state index contributed by atoms with van der Waals surface area (Å²) < 4.78 is 10.9. The van der Waals surface area contributed by atoms with E-state index in [-0.39, 0.29) is 0 Å². The van der Waals surface area contributed by atoms with Crippen LogP contribution in [0.2, 0.25) is 0 Å². The summed E-state index contributed by atoms with van der Waals surface area (Å²) in [6, 6.07) is 0. The van der Waals surface area contributed by atoms with Gasteiger partial charge in [0.25, 0.3) is 0 Å². The van der Waals surface area contributed by atoms with Gasteiger partial charge in [-0.2, -0.15) is 0 Å². The van der Waals surface area contributed by atoms with Gasteiger partial charge in [-0.15, -0.1) is 6.58 Å². The first kappa shape index (κ1) is 16.7. The standard InChI is InChI=1S/C15H30O2/c1-4-5-6-7-8-9-10-11-12-16-13-14-17-15(2)3/h4,15H,1,5-14H2,2-3H3. The van der Waals surface area contributed by atoms with Crippen molar-refractivity contribution in [1.29, 1.82) is 0 Å². The van der Waals surface area contributed by atoms with Crippen molar-refractivity contribution in [2.75, 3.05) is 19.8 Å². The first-order chi connectivity index (χ1) is 8.27. The van der Waals surface area contributed by atoms with Gasteiger partial charge < -0.3 is 9.47 Å². The van der Waals surface area contributed by atoms with E-state index in [1.807, 2.05) is 19.9 Å². The van der Waals surface area contributed by atoms with E-state index < -0.39 is 0 Å². The highest BCUT2D eigenvalue weighted by atomic mass is 16.5. The summed E-state index contributed by atoms with van der Waals surface area (Å²) in [7, 11) is 0. The Hall–Kier alpha value is -0.340. The van der Waals surface area contributed by atoms with Crippen LogP contribution in [0.5, 0.6) is 0 Å². The minimum absolute atomic E-state index is 0.314. The monoisotopic (exact) mass is 242 g/mol. The lowest BCUT2D eigenvalue weighted by atomic mass is 10.1. The van der Waals surface area contributed by atoms with Gasteiger partial charge in [0.1, 0.15) is 0 Å². The Balaban J connectivity index is 2.91. The molecule has 0 aliphatic carbocycles. The quantitative estimate of drug-likeness (QED) is 0.353. The molecule has 0 aromatic rings. The van der Waals surface area contributed by atoms with Gasteiger partial charge in [-0.1, -0.05) is 31.8 Å². The molecule has 0 N–H and O–H groups in total. The molecule has 0 saturated heterocycles. The predicted molar refractivity (Wildman–Crippen MR) is 74.4 cm³/mol. The molecule has 0 aromatic carbocycles. The van der Waals surface area contributed by atoms with Crippen LogP contribution in [0.25, 0.3) is 0 Å². The van der Waals surface area contributed by atoms with Crippen molar-refractivity contribution in [3.8, 4) is 0 Å². The molecule has 0 spiro atoms. The fourth-order valence-corrected chi connectivity index (χ4v) is 1.64. The van der Waals surface area contributed by atoms with Crippen LogP contribution in [0.4, 0.5) is 0 Å². The predicted octanol–water partition coefficient (Wildman–Crippen LogP) is 4.34. The van der Waals surface area contributed by atoms with Crippen molar-refractivity contribution in [3.05, 3.63) is 12.7 Å². The average molecular weight is 242 g/mol. The Morgan fingerprint density at radius 2 is 1.53 bits per heavy atom. The zero-order valence-corrected chi connectivity index (χ0v) is 11.7. The smallest absolute Gasteiger partial charge is 0.0703 e. The number of unbranched alkanes of at least 4 members (excludes halogenated alkanes) is 6. The summed E-state index contributed by atoms with van der Waals surface area (Å²) in [5.41, 5.74) is 0. The molecule has 0 aromatic heterocycles. The lowest BCUT2D eigenvalue weighted by molar-refractivity contribution is 0.0186. The minimum Gasteiger partial charge on any atom is -0.379 e. The van der Waals surface area contributed by atoms with Gasteiger partial charge in [0.2, 0.25) is 0 Å². The van der Waals surface area contributed by atoms with Crippen LogP contribution >= 0.6 is 0 Å². The molecule has 0 aliphatic heterocycles. The van der Waals surface area contributed by atoms with Crippen molar-refractivity contribution in [1.82, 2.24) is 0 Å². The molecule has 102 valence electrons. The van der Waals surface area contributed by atoms with E-state index in [1.54, 1.807) is 0 Å². The van der Waals surface area contributed by atoms with Crippen molar-refractivity contribution < 1.29 is 9.47 Å². The van der Waals surface area contributed by atoms with Gasteiger partial charge in [-0.25, -0.2) is 0 Å². The van der Waals surface area contributed by atoms with Crippen LogP contribution in [0.15, 0.2) is 12.7 Å². The van der Waals surface area contributed by atoms with Gasteiger partial charge in [0.05, 0.1) is 19.3 Å². The van der Waals surface area contributed by atoms with Crippen LogP contribution in [0.3, 0.4) is 0 Å². The number of allylic oxidation sites excluding steroid dienone is 1. The van der Waals surface area contributed by atoms with E-state index in [0.717, 1.165) is 19.8 Å². The molecule has 0 rings (SSSR count). The van der Waals surface area contributed by atoms with E-state index in [4.69, 9.17) is 9.47 Å². The Bertz CT molecular complexity index is 155. The molecule has 0 unspecified atom stereocenters. The van der Waals surface area contributed by atoms with Crippen LogP contribution in [0, 0.1) is 0 Å². The topological polar surface area (TPSA) is 18.5 Å². The SMILES string of the molecule is C=CCCCCCCCCOCCOC(C)C. The summed E-state index contributed by atoms with van der Waals surface area (Å²) >= 11 is 0. The van der Waals surface area contributed by atoms with Crippen molar-refractivity contribution in [2.24, 2.45) is 0 Å². The van der Waals surface area contributed by atoms with E-state index in [1.165, 1.54) is 44.9 Å². The van der Waals surface area contributed by atoms with Gasteiger partial charge >= 0.3 is 0 Å². The molecule has 0 atom stereocenters. The number of rotatable bonds is 13. The average Bonchev–Trinajstić information content (AvgIpc) is 2.30. The Morgan fingerprint density at radius 3 is 2.18 bits per heavy atom. The Morgan fingerprint density at radius 1 is 0.882 bits per heavy atom. The van der Waals surface area contributed by atoms with Gasteiger partial charge in [-0.05, 0) is 33.1 Å². The summed E-state index contributed by atoms with van der Waals surface area (Å²) in [4.78, 5) is 0. The summed E-state index contributed by atoms with van der Waals surface area (Å²) in [5, 5.41) is 0. The number of hydrogen-bond acceptors (Lipinski definition) is 2. The van der Waals surface area contributed by atoms with E-state index >= 15 is 0 Å². The largest absolute Gasteiger partial charge is 0.379 e. The first-order valence-electron chi connectivity index (χ1n) is 7.07. The maximum absolute atomic E-state index is 5.49. The minimum atomic E-state index is 0.314. The van der Waals surface area contributed by atoms with Crippen LogP contribution < -0.4 is 0 Å². The fraction of sp³-hybridized carbons (Fsp3) is 0.867. The molecule has 0 radical (unpaired) electrons. The van der Waals surface area contributed by atoms with Crippen LogP contribution in [0.1, 0.15) is 58.8 Å². The van der Waals surface area contributed by atoms with E-state index in [0.29, 0.717) is 6.10 Å². The third-order valence-electron chi connectivity index (χ3n) is 2.63. The molecular formula is C15H30O2. The molecule has 2 heteroatoms. The highest BCUT2D eigenvalue weighted by molar-refractivity contribution is 4.65. The second-order valence-corrected chi connectivity index (χ2v) is 4.73. The van der Waals surface area contributed by atoms with Crippen molar-refractivity contribution in [3.63, 3.8) is 0 Å². The second kappa shape index (κ2) is 13.7. The van der Waals surface area contributed by atoms with E-state index in [2.05, 4.69) is 6.58 Å². The number of hydrogen-bond donors (Lipinski definition) is 0. The molecule has 0 bridgehead atoms. The third kappa shape index (κ3) is 15.7. The molecule has 0 fully saturated rings. The lowest BCUT2D eigenvalue weighted by Crippen LogP contribution is -2.10. The van der Waals surface area contributed by atoms with Gasteiger partial charge in [0, 0.05) is 6.61 Å². The maximum Gasteiger partial charge on any atom is 0.0703 e. The zero-order chi connectivity index (χ0) is 12.8. The second-order valence-electron chi connectivity index (χ2n) is 4.73. The molecule has 0 heterocycles. The summed E-state index contributed by atoms with van der Waals surface area (Å²) in [6.45, 7) is 10.2. The number of ether oxygens (including phenoxy) is 2. The fourth-order valence-electron chi connectivity index (χ4n) is 1.64. The highest BCUT2D eigenvalue weighted by Crippen LogP contribution is 2.07. The zero-order valence-electron chi connectivity index (χ0n) is 11.7. The lowest BCUT2D eigenvalue weighted by Gasteiger charge is -2.07. The van der Waals surface area contributed by atoms with Gasteiger partial charge in [0.15, 0.2) is 0 Å². The van der Waals surface area contributed by atoms with Gasteiger partial charge in [-0.3, -0.25) is 0 Å². The summed E-state index contributed by atoms with van der Waals surface area (Å²) in [6.07, 6.45) is 11.3. The Kier molecular flexibility index (Phi) is 13.4. The van der Waals surface area contributed by atoms with Crippen LogP contribution in [-0.2, 0) is 9.47 Å². The molecule has 0 saturated carbocycles. The van der Waals surface area contributed by atoms with Crippen molar-refractivity contribution in [2.45, 2.75) is 64.9 Å². The molecule has 0 aliphatic rings. The van der Waals surface area contributed by atoms with Crippen LogP contribution in [-0.4, -0.2) is 25.9 Å².